The molecule has 0 saturated carbocycles. The SMILES string of the molecule is Cc1ccc(S(=O)(=O)c2c([N+](S)=CCCCOc3ccc4c(c3)C(C)(C)OC(=O)N4)ccc(Cl)c2Cl)cc1. The first kappa shape index (κ1) is 28.3. The quantitative estimate of drug-likeness (QED) is 0.123. The van der Waals surface area contributed by atoms with Gasteiger partial charge in [0.15, 0.2) is 11.1 Å². The number of rotatable bonds is 8. The maximum atomic E-state index is 13.5. The van der Waals surface area contributed by atoms with Crippen molar-refractivity contribution in [3.05, 3.63) is 75.8 Å². The van der Waals surface area contributed by atoms with Gasteiger partial charge in [0.05, 0.1) is 27.2 Å². The van der Waals surface area contributed by atoms with Gasteiger partial charge in [-0.2, -0.15) is 0 Å². The number of hydrogen-bond donors (Lipinski definition) is 2. The number of carbonyl (C=O) groups is 1. The topological polar surface area (TPSA) is 84.7 Å². The summed E-state index contributed by atoms with van der Waals surface area (Å²) in [7, 11) is -3.96. The average molecular weight is 595 g/mol. The summed E-state index contributed by atoms with van der Waals surface area (Å²) < 4.78 is 39.6. The van der Waals surface area contributed by atoms with E-state index in [-0.39, 0.29) is 19.8 Å². The second kappa shape index (κ2) is 11.2. The fourth-order valence-electron chi connectivity index (χ4n) is 4.02. The molecule has 4 rings (SSSR count). The highest BCUT2D eigenvalue weighted by molar-refractivity contribution is 7.91. The number of amides is 1. The molecule has 0 spiro atoms. The van der Waals surface area contributed by atoms with E-state index in [9.17, 15) is 13.2 Å². The molecule has 0 radical (unpaired) electrons. The third-order valence-corrected chi connectivity index (χ3v) is 9.16. The molecule has 0 aromatic heterocycles. The first-order chi connectivity index (χ1) is 17.9. The van der Waals surface area contributed by atoms with Gasteiger partial charge < -0.3 is 9.47 Å². The Kier molecular flexibility index (Phi) is 8.32. The molecule has 1 N–H and O–H groups in total. The van der Waals surface area contributed by atoms with Crippen LogP contribution in [0.4, 0.5) is 16.2 Å². The highest BCUT2D eigenvalue weighted by Gasteiger charge is 2.34. The van der Waals surface area contributed by atoms with Gasteiger partial charge in [0.25, 0.3) is 0 Å². The molecule has 0 bridgehead atoms. The second-order valence-electron chi connectivity index (χ2n) is 9.28. The third kappa shape index (κ3) is 5.96. The lowest BCUT2D eigenvalue weighted by Gasteiger charge is -2.32. The summed E-state index contributed by atoms with van der Waals surface area (Å²) in [6.07, 6.45) is 2.44. The number of carbonyl (C=O) groups excluding carboxylic acids is 1. The number of fused-ring (bicyclic) bond motifs is 1. The molecule has 0 unspecified atom stereocenters. The molecular weight excluding hydrogens is 567 g/mol. The Labute approximate surface area is 237 Å². The minimum Gasteiger partial charge on any atom is -0.494 e. The van der Waals surface area contributed by atoms with E-state index in [4.69, 9.17) is 32.7 Å². The van der Waals surface area contributed by atoms with Gasteiger partial charge in [-0.3, -0.25) is 5.32 Å². The van der Waals surface area contributed by atoms with Crippen molar-refractivity contribution in [2.24, 2.45) is 0 Å². The number of nitrogens with one attached hydrogen (secondary N) is 1. The second-order valence-corrected chi connectivity index (χ2v) is 12.4. The Balaban J connectivity index is 1.47. The highest BCUT2D eigenvalue weighted by atomic mass is 35.5. The van der Waals surface area contributed by atoms with Crippen LogP contribution in [0.3, 0.4) is 0 Å². The molecule has 3 aromatic carbocycles. The molecule has 1 aliphatic heterocycles. The highest BCUT2D eigenvalue weighted by Crippen LogP contribution is 2.40. The number of ether oxygens (including phenoxy) is 2. The maximum absolute atomic E-state index is 13.5. The zero-order chi connectivity index (χ0) is 27.7. The van der Waals surface area contributed by atoms with E-state index in [0.29, 0.717) is 36.6 Å². The summed E-state index contributed by atoms with van der Waals surface area (Å²) in [5, 5.41) is 2.76. The molecule has 200 valence electrons. The number of nitrogens with zero attached hydrogens (tertiary/aromatic N) is 1. The third-order valence-electron chi connectivity index (χ3n) is 6.02. The van der Waals surface area contributed by atoms with E-state index < -0.39 is 21.5 Å². The lowest BCUT2D eigenvalue weighted by molar-refractivity contribution is -0.232. The van der Waals surface area contributed by atoms with Gasteiger partial charge in [-0.25, -0.2) is 13.2 Å². The van der Waals surface area contributed by atoms with E-state index in [1.165, 1.54) is 22.2 Å². The number of benzene rings is 3. The van der Waals surface area contributed by atoms with Crippen molar-refractivity contribution in [1.82, 2.24) is 0 Å². The number of halogens is 2. The number of thiol groups is 1. The molecule has 0 atom stereocenters. The fraction of sp³-hybridized carbons (Fsp3) is 0.259. The van der Waals surface area contributed by atoms with Crippen LogP contribution in [0.2, 0.25) is 10.0 Å². The van der Waals surface area contributed by atoms with Crippen molar-refractivity contribution in [1.29, 1.82) is 0 Å². The Morgan fingerprint density at radius 1 is 1.11 bits per heavy atom. The lowest BCUT2D eigenvalue weighted by Crippen LogP contribution is -2.34. The number of aryl methyl sites for hydroxylation is 1. The van der Waals surface area contributed by atoms with Crippen molar-refractivity contribution in [3.63, 3.8) is 0 Å². The van der Waals surface area contributed by atoms with Crippen LogP contribution >= 0.6 is 36.0 Å². The van der Waals surface area contributed by atoms with Crippen LogP contribution in [0.15, 0.2) is 64.4 Å². The zero-order valence-electron chi connectivity index (χ0n) is 21.0. The number of hydrogen-bond acceptors (Lipinski definition) is 6. The van der Waals surface area contributed by atoms with Gasteiger partial charge in [-0.15, -0.1) is 3.98 Å². The van der Waals surface area contributed by atoms with Crippen LogP contribution in [0.1, 0.15) is 37.8 Å². The maximum Gasteiger partial charge on any atom is 0.412 e. The number of unbranched alkanes of at least 4 members (excludes halogenated alkanes) is 1. The van der Waals surface area contributed by atoms with Gasteiger partial charge >= 0.3 is 6.09 Å². The van der Waals surface area contributed by atoms with Gasteiger partial charge in [0, 0.05) is 18.1 Å². The number of sulfone groups is 1. The van der Waals surface area contributed by atoms with E-state index in [1.807, 2.05) is 26.8 Å². The van der Waals surface area contributed by atoms with Crippen molar-refractivity contribution >= 4 is 69.5 Å². The Bertz CT molecular complexity index is 1520. The number of cyclic esters (lactones) is 1. The predicted molar refractivity (Wildman–Crippen MR) is 152 cm³/mol. The Hall–Kier alpha value is -2.72. The molecule has 7 nitrogen and oxygen atoms in total. The number of anilines is 1. The molecule has 11 heteroatoms. The van der Waals surface area contributed by atoms with Gasteiger partial charge in [-0.05, 0) is 63.6 Å². The van der Waals surface area contributed by atoms with E-state index in [2.05, 4.69) is 18.1 Å². The zero-order valence-corrected chi connectivity index (χ0v) is 24.2. The Morgan fingerprint density at radius 2 is 1.82 bits per heavy atom. The standard InChI is InChI=1S/C27H26Cl2N2O5S2/c1-17-6-9-19(10-7-17)38(33,34)25-23(13-11-21(28)24(25)29)31(37)14-4-5-15-35-18-8-12-22-20(16-18)27(2,3)36-26(32)30-22/h6-14,16H,4-5,15H2,1-3H3,(H-,30,32,37)/p+1. The van der Waals surface area contributed by atoms with Crippen LogP contribution < -0.4 is 10.1 Å². The molecule has 38 heavy (non-hydrogen) atoms. The van der Waals surface area contributed by atoms with Crippen molar-refractivity contribution in [3.8, 4) is 5.75 Å². The van der Waals surface area contributed by atoms with E-state index in [0.717, 1.165) is 11.1 Å². The molecule has 1 heterocycles. The van der Waals surface area contributed by atoms with Gasteiger partial charge in [0.2, 0.25) is 15.5 Å². The minimum atomic E-state index is -3.96. The lowest BCUT2D eigenvalue weighted by atomic mass is 9.94. The Morgan fingerprint density at radius 3 is 2.53 bits per heavy atom. The average Bonchev–Trinajstić information content (AvgIpc) is 2.85. The van der Waals surface area contributed by atoms with Crippen LogP contribution in [0.5, 0.6) is 5.75 Å². The largest absolute Gasteiger partial charge is 0.494 e. The summed E-state index contributed by atoms with van der Waals surface area (Å²) >= 11 is 17.1. The molecule has 0 fully saturated rings. The minimum absolute atomic E-state index is 0.0592. The van der Waals surface area contributed by atoms with E-state index in [1.54, 1.807) is 36.5 Å². The van der Waals surface area contributed by atoms with Crippen molar-refractivity contribution < 1.29 is 26.7 Å². The molecule has 3 aromatic rings. The van der Waals surface area contributed by atoms with E-state index >= 15 is 0 Å². The van der Waals surface area contributed by atoms with Gasteiger partial charge in [0.1, 0.15) is 24.2 Å². The summed E-state index contributed by atoms with van der Waals surface area (Å²) in [6, 6.07) is 15.1. The summed E-state index contributed by atoms with van der Waals surface area (Å²) in [5.41, 5.74) is 1.98. The predicted octanol–water partition coefficient (Wildman–Crippen LogP) is 7.35. The summed E-state index contributed by atoms with van der Waals surface area (Å²) in [5.74, 6) is 0.648. The molecular formula is C27H27Cl2N2O5S2+. The van der Waals surface area contributed by atoms with Crippen LogP contribution in [-0.2, 0) is 20.2 Å². The fourth-order valence-corrected chi connectivity index (χ4v) is 6.57. The smallest absolute Gasteiger partial charge is 0.412 e. The summed E-state index contributed by atoms with van der Waals surface area (Å²) in [6.45, 7) is 5.92. The van der Waals surface area contributed by atoms with Crippen LogP contribution in [0, 0.1) is 6.92 Å². The van der Waals surface area contributed by atoms with Crippen LogP contribution in [-0.4, -0.2) is 31.3 Å². The normalized spacial score (nSPS) is 14.9. The van der Waals surface area contributed by atoms with Gasteiger partial charge in [-0.1, -0.05) is 40.9 Å². The van der Waals surface area contributed by atoms with Crippen molar-refractivity contribution in [2.75, 3.05) is 11.9 Å². The first-order valence-corrected chi connectivity index (χ1v) is 14.4. The molecule has 0 aliphatic carbocycles. The monoisotopic (exact) mass is 593 g/mol. The first-order valence-electron chi connectivity index (χ1n) is 11.8. The van der Waals surface area contributed by atoms with Crippen molar-refractivity contribution in [2.45, 2.75) is 49.0 Å². The molecule has 0 saturated heterocycles. The molecule has 1 amide bonds. The molecule has 1 aliphatic rings. The van der Waals surface area contributed by atoms with Crippen LogP contribution in [0.25, 0.3) is 0 Å². The summed E-state index contributed by atoms with van der Waals surface area (Å²) in [4.78, 5) is 11.7.